The van der Waals surface area contributed by atoms with Crippen molar-refractivity contribution in [2.75, 3.05) is 36.4 Å². The highest BCUT2D eigenvalue weighted by molar-refractivity contribution is 7.21. The molecule has 1 aromatic carbocycles. The van der Waals surface area contributed by atoms with Gasteiger partial charge < -0.3 is 15.5 Å². The Morgan fingerprint density at radius 2 is 2.00 bits per heavy atom. The number of aromatic nitrogens is 2. The number of halogens is 2. The molecule has 0 aliphatic carbocycles. The second-order valence-corrected chi connectivity index (χ2v) is 10.6. The molecule has 1 fully saturated rings. The van der Waals surface area contributed by atoms with E-state index in [0.717, 1.165) is 43.8 Å². The lowest BCUT2D eigenvalue weighted by atomic mass is 10.00. The topological polar surface area (TPSA) is 114 Å². The standard InChI is InChI=1S/C27H21ClFN7O2S/c28-19-4-3-15(29)13-17(19)21-18(14-30)23-20-22(34-27(38)36(23)16-5-7-31-8-6-16)24(39-26(20)33-21)25(37)32-9-12-35-10-1-2-11-35/h3-8,13H,1-2,9-12H2,(H,32,37)(H,34,38). The van der Waals surface area contributed by atoms with E-state index in [0.29, 0.717) is 28.1 Å². The van der Waals surface area contributed by atoms with Gasteiger partial charge in [0.2, 0.25) is 0 Å². The Morgan fingerprint density at radius 3 is 2.74 bits per heavy atom. The van der Waals surface area contributed by atoms with Gasteiger partial charge in [0.15, 0.2) is 0 Å². The number of amides is 3. The predicted octanol–water partition coefficient (Wildman–Crippen LogP) is 5.53. The Balaban J connectivity index is 1.53. The zero-order valence-corrected chi connectivity index (χ0v) is 22.1. The summed E-state index contributed by atoms with van der Waals surface area (Å²) in [6.45, 7) is 3.22. The molecular weight excluding hydrogens is 541 g/mol. The lowest BCUT2D eigenvalue weighted by Gasteiger charge is -2.29. The number of carbonyl (C=O) groups is 2. The minimum atomic E-state index is -0.557. The molecule has 3 amide bonds. The molecule has 2 N–H and O–H groups in total. The van der Waals surface area contributed by atoms with Crippen LogP contribution in [0.4, 0.5) is 26.2 Å². The van der Waals surface area contributed by atoms with Gasteiger partial charge in [0, 0.05) is 31.0 Å². The quantitative estimate of drug-likeness (QED) is 0.320. The van der Waals surface area contributed by atoms with Crippen LogP contribution >= 0.6 is 22.9 Å². The maximum absolute atomic E-state index is 14.3. The van der Waals surface area contributed by atoms with Crippen molar-refractivity contribution in [1.29, 1.82) is 5.26 Å². The second-order valence-electron chi connectivity index (χ2n) is 9.18. The van der Waals surface area contributed by atoms with Gasteiger partial charge in [-0.05, 0) is 56.3 Å². The van der Waals surface area contributed by atoms with Crippen LogP contribution in [0.1, 0.15) is 28.1 Å². The molecule has 2 aliphatic rings. The molecule has 0 unspecified atom stereocenters. The fourth-order valence-electron chi connectivity index (χ4n) is 5.01. The Hall–Kier alpha value is -4.11. The first-order valence-electron chi connectivity index (χ1n) is 12.3. The molecule has 6 rings (SSSR count). The lowest BCUT2D eigenvalue weighted by Crippen LogP contribution is -2.36. The van der Waals surface area contributed by atoms with Crippen LogP contribution in [0.5, 0.6) is 0 Å². The molecular formula is C27H21ClFN7O2S. The van der Waals surface area contributed by atoms with Gasteiger partial charge in [0.05, 0.1) is 33.2 Å². The van der Waals surface area contributed by atoms with Crippen LogP contribution in [0.15, 0.2) is 42.7 Å². The Labute approximate surface area is 231 Å². The number of thiophene rings is 1. The van der Waals surface area contributed by atoms with Crippen molar-refractivity contribution in [2.24, 2.45) is 0 Å². The van der Waals surface area contributed by atoms with Gasteiger partial charge in [-0.15, -0.1) is 11.3 Å². The molecule has 39 heavy (non-hydrogen) atoms. The molecule has 0 saturated carbocycles. The average molecular weight is 562 g/mol. The molecule has 3 aromatic heterocycles. The summed E-state index contributed by atoms with van der Waals surface area (Å²) in [6, 6.07) is 8.66. The van der Waals surface area contributed by atoms with Crippen molar-refractivity contribution in [2.45, 2.75) is 12.8 Å². The average Bonchev–Trinajstić information content (AvgIpc) is 3.59. The summed E-state index contributed by atoms with van der Waals surface area (Å²) in [5.41, 5.74) is 1.35. The summed E-state index contributed by atoms with van der Waals surface area (Å²) >= 11 is 7.51. The number of nitrogens with zero attached hydrogens (tertiary/aromatic N) is 5. The molecule has 5 heterocycles. The third-order valence-electron chi connectivity index (χ3n) is 6.81. The van der Waals surface area contributed by atoms with Gasteiger partial charge in [-0.3, -0.25) is 14.7 Å². The van der Waals surface area contributed by atoms with Crippen LogP contribution in [0.2, 0.25) is 5.02 Å². The van der Waals surface area contributed by atoms with Crippen molar-refractivity contribution >= 4 is 62.2 Å². The fourth-order valence-corrected chi connectivity index (χ4v) is 6.27. The third kappa shape index (κ3) is 4.46. The first-order valence-corrected chi connectivity index (χ1v) is 13.5. The number of hydrogen-bond donors (Lipinski definition) is 2. The maximum Gasteiger partial charge on any atom is 0.331 e. The first kappa shape index (κ1) is 25.2. The van der Waals surface area contributed by atoms with Crippen molar-refractivity contribution in [3.05, 3.63) is 64.0 Å². The first-order chi connectivity index (χ1) is 19.0. The Morgan fingerprint density at radius 1 is 1.23 bits per heavy atom. The largest absolute Gasteiger partial charge is 0.350 e. The summed E-state index contributed by atoms with van der Waals surface area (Å²) < 4.78 is 14.3. The summed E-state index contributed by atoms with van der Waals surface area (Å²) in [6.07, 6.45) is 5.36. The number of hydrogen-bond acceptors (Lipinski definition) is 7. The van der Waals surface area contributed by atoms with Crippen LogP contribution < -0.4 is 15.5 Å². The number of nitriles is 1. The van der Waals surface area contributed by atoms with E-state index in [2.05, 4.69) is 31.6 Å². The maximum atomic E-state index is 14.3. The number of rotatable bonds is 6. The monoisotopic (exact) mass is 561 g/mol. The van der Waals surface area contributed by atoms with Crippen LogP contribution in [-0.2, 0) is 0 Å². The molecule has 1 saturated heterocycles. The van der Waals surface area contributed by atoms with E-state index in [-0.39, 0.29) is 38.3 Å². The Kier molecular flexibility index (Phi) is 6.60. The minimum Gasteiger partial charge on any atom is -0.350 e. The summed E-state index contributed by atoms with van der Waals surface area (Å²) in [5, 5.41) is 16.8. The number of likely N-dealkylation sites (tertiary alicyclic amines) is 1. The Bertz CT molecular complexity index is 1660. The number of carbonyl (C=O) groups excluding carboxylic acids is 2. The lowest BCUT2D eigenvalue weighted by molar-refractivity contribution is 0.0954. The molecule has 2 aliphatic heterocycles. The highest BCUT2D eigenvalue weighted by Crippen LogP contribution is 2.50. The third-order valence-corrected chi connectivity index (χ3v) is 8.22. The van der Waals surface area contributed by atoms with E-state index >= 15 is 0 Å². The fraction of sp³-hybridized carbons (Fsp3) is 0.222. The number of pyridine rings is 2. The predicted molar refractivity (Wildman–Crippen MR) is 148 cm³/mol. The van der Waals surface area contributed by atoms with E-state index in [1.54, 1.807) is 12.1 Å². The second kappa shape index (κ2) is 10.2. The normalized spacial score (nSPS) is 14.9. The van der Waals surface area contributed by atoms with Crippen molar-refractivity contribution in [3.8, 4) is 17.3 Å². The molecule has 0 radical (unpaired) electrons. The highest BCUT2D eigenvalue weighted by Gasteiger charge is 2.36. The van der Waals surface area contributed by atoms with Crippen molar-refractivity contribution in [3.63, 3.8) is 0 Å². The van der Waals surface area contributed by atoms with E-state index in [1.807, 2.05) is 0 Å². The molecule has 9 nitrogen and oxygen atoms in total. The van der Waals surface area contributed by atoms with E-state index in [1.165, 1.54) is 35.5 Å². The number of benzene rings is 1. The highest BCUT2D eigenvalue weighted by atomic mass is 35.5. The van der Waals surface area contributed by atoms with Gasteiger partial charge >= 0.3 is 6.03 Å². The molecule has 4 aromatic rings. The van der Waals surface area contributed by atoms with Gasteiger partial charge in [-0.25, -0.2) is 14.2 Å². The van der Waals surface area contributed by atoms with E-state index in [4.69, 9.17) is 11.6 Å². The van der Waals surface area contributed by atoms with Crippen LogP contribution in [0.3, 0.4) is 0 Å². The summed E-state index contributed by atoms with van der Waals surface area (Å²) in [5.74, 6) is -0.901. The number of urea groups is 1. The van der Waals surface area contributed by atoms with Gasteiger partial charge in [-0.1, -0.05) is 11.6 Å². The molecule has 12 heteroatoms. The van der Waals surface area contributed by atoms with E-state index in [9.17, 15) is 19.2 Å². The van der Waals surface area contributed by atoms with Crippen molar-refractivity contribution < 1.29 is 14.0 Å². The summed E-state index contributed by atoms with van der Waals surface area (Å²) in [4.78, 5) is 39.9. The zero-order valence-electron chi connectivity index (χ0n) is 20.5. The zero-order chi connectivity index (χ0) is 27.1. The van der Waals surface area contributed by atoms with Crippen LogP contribution in [0.25, 0.3) is 21.5 Å². The molecule has 0 atom stereocenters. The van der Waals surface area contributed by atoms with Crippen molar-refractivity contribution in [1.82, 2.24) is 20.2 Å². The van der Waals surface area contributed by atoms with Crippen LogP contribution in [0, 0.1) is 17.1 Å². The number of anilines is 3. The van der Waals surface area contributed by atoms with E-state index < -0.39 is 11.8 Å². The molecule has 196 valence electrons. The van der Waals surface area contributed by atoms with Crippen LogP contribution in [-0.4, -0.2) is 53.0 Å². The smallest absolute Gasteiger partial charge is 0.331 e. The summed E-state index contributed by atoms with van der Waals surface area (Å²) in [7, 11) is 0. The van der Waals surface area contributed by atoms with Gasteiger partial charge in [0.1, 0.15) is 27.2 Å². The van der Waals surface area contributed by atoms with Gasteiger partial charge in [-0.2, -0.15) is 5.26 Å². The molecule has 0 bridgehead atoms. The number of nitrogens with one attached hydrogen (secondary N) is 2. The molecule has 0 spiro atoms. The van der Waals surface area contributed by atoms with Gasteiger partial charge in [0.25, 0.3) is 5.91 Å². The SMILES string of the molecule is N#Cc1c(-c2cc(F)ccc2Cl)nc2sc(C(=O)NCCN3CCCC3)c3c2c1N(c1ccncc1)C(=O)N3. The minimum absolute atomic E-state index is 0.0294.